The summed E-state index contributed by atoms with van der Waals surface area (Å²) >= 11 is 1.25. The van der Waals surface area contributed by atoms with E-state index in [1.165, 1.54) is 28.4 Å². The van der Waals surface area contributed by atoms with E-state index in [1.807, 2.05) is 19.1 Å². The first-order valence-corrected chi connectivity index (χ1v) is 9.56. The molecule has 0 bridgehead atoms. The molecule has 2 heterocycles. The molecule has 0 saturated heterocycles. The molecule has 0 fully saturated rings. The highest BCUT2D eigenvalue weighted by molar-refractivity contribution is 7.12. The summed E-state index contributed by atoms with van der Waals surface area (Å²) in [6.07, 6.45) is 0. The van der Waals surface area contributed by atoms with Crippen LogP contribution in [0.15, 0.2) is 77.4 Å². The number of para-hydroxylation sites is 1. The zero-order chi connectivity index (χ0) is 19.8. The fourth-order valence-electron chi connectivity index (χ4n) is 3.47. The van der Waals surface area contributed by atoms with Gasteiger partial charge in [0.15, 0.2) is 5.76 Å². The molecular weight excluding hydrogens is 374 g/mol. The van der Waals surface area contributed by atoms with Crippen LogP contribution in [-0.2, 0) is 4.79 Å². The first-order valence-electron chi connectivity index (χ1n) is 8.68. The largest absolute Gasteiger partial charge is 0.508 e. The number of carbonyl (C=O) groups is 2. The smallest absolute Gasteiger partial charge is 0.294 e. The normalized spacial score (nSPS) is 16.7. The number of phenolic OH excluding ortho intramolecular Hbond substituents is 1. The number of hydrogen-bond acceptors (Lipinski definition) is 5. The maximum absolute atomic E-state index is 13.1. The van der Waals surface area contributed by atoms with E-state index in [0.717, 1.165) is 5.56 Å². The summed E-state index contributed by atoms with van der Waals surface area (Å²) in [5.74, 6) is -1.58. The lowest BCUT2D eigenvalue weighted by Gasteiger charge is -2.28. The SMILES string of the molecule is Cc1ccccc1N1C(=O)C(O)=C(C(=O)c2cccs2)C1c1cccc(O)c1. The number of amides is 1. The van der Waals surface area contributed by atoms with E-state index >= 15 is 0 Å². The molecule has 4 rings (SSSR count). The first kappa shape index (κ1) is 18.0. The number of aryl methyl sites for hydroxylation is 1. The van der Waals surface area contributed by atoms with Gasteiger partial charge in [0.2, 0.25) is 5.78 Å². The number of benzene rings is 2. The fraction of sp³-hybridized carbons (Fsp3) is 0.0909. The summed E-state index contributed by atoms with van der Waals surface area (Å²) in [4.78, 5) is 28.0. The van der Waals surface area contributed by atoms with E-state index < -0.39 is 23.5 Å². The number of thiophene rings is 1. The Kier molecular flexibility index (Phi) is 4.49. The van der Waals surface area contributed by atoms with Crippen molar-refractivity contribution in [3.8, 4) is 5.75 Å². The number of Topliss-reactive ketones (excluding diaryl/α,β-unsaturated/α-hetero) is 1. The Morgan fingerprint density at radius 3 is 2.50 bits per heavy atom. The van der Waals surface area contributed by atoms with Gasteiger partial charge in [0.1, 0.15) is 5.75 Å². The number of phenols is 1. The van der Waals surface area contributed by atoms with Crippen molar-refractivity contribution in [2.45, 2.75) is 13.0 Å². The van der Waals surface area contributed by atoms with Gasteiger partial charge in [-0.05, 0) is 47.7 Å². The molecule has 0 spiro atoms. The third-order valence-corrected chi connectivity index (χ3v) is 5.63. The Hall–Kier alpha value is -3.38. The van der Waals surface area contributed by atoms with Crippen molar-refractivity contribution in [2.24, 2.45) is 0 Å². The van der Waals surface area contributed by atoms with Crippen LogP contribution in [0.1, 0.15) is 26.8 Å². The fourth-order valence-corrected chi connectivity index (χ4v) is 4.15. The first-order chi connectivity index (χ1) is 13.5. The lowest BCUT2D eigenvalue weighted by molar-refractivity contribution is -0.117. The molecule has 28 heavy (non-hydrogen) atoms. The maximum atomic E-state index is 13.1. The van der Waals surface area contributed by atoms with Crippen LogP contribution >= 0.6 is 11.3 Å². The Bertz CT molecular complexity index is 1100. The molecular formula is C22H17NO4S. The number of aromatic hydroxyl groups is 1. The second-order valence-corrected chi connectivity index (χ2v) is 7.48. The summed E-state index contributed by atoms with van der Waals surface area (Å²) in [6, 6.07) is 16.2. The van der Waals surface area contributed by atoms with Crippen LogP contribution in [0.5, 0.6) is 5.75 Å². The van der Waals surface area contributed by atoms with Crippen molar-refractivity contribution in [3.63, 3.8) is 0 Å². The molecule has 6 heteroatoms. The topological polar surface area (TPSA) is 77.8 Å². The second-order valence-electron chi connectivity index (χ2n) is 6.53. The molecule has 1 aliphatic heterocycles. The van der Waals surface area contributed by atoms with E-state index in [-0.39, 0.29) is 11.3 Å². The third kappa shape index (κ3) is 2.88. The van der Waals surface area contributed by atoms with Crippen molar-refractivity contribution in [3.05, 3.63) is 93.4 Å². The van der Waals surface area contributed by atoms with E-state index in [4.69, 9.17) is 0 Å². The highest BCUT2D eigenvalue weighted by Gasteiger charge is 2.45. The van der Waals surface area contributed by atoms with E-state index in [0.29, 0.717) is 16.1 Å². The predicted molar refractivity (Wildman–Crippen MR) is 108 cm³/mol. The van der Waals surface area contributed by atoms with Crippen LogP contribution in [0.2, 0.25) is 0 Å². The summed E-state index contributed by atoms with van der Waals surface area (Å²) in [5, 5.41) is 22.4. The van der Waals surface area contributed by atoms with Gasteiger partial charge in [-0.3, -0.25) is 14.5 Å². The molecule has 1 unspecified atom stereocenters. The molecule has 1 amide bonds. The van der Waals surface area contributed by atoms with Crippen LogP contribution in [0.3, 0.4) is 0 Å². The molecule has 3 aromatic rings. The molecule has 0 aliphatic carbocycles. The Labute approximate surface area is 165 Å². The van der Waals surface area contributed by atoms with Gasteiger partial charge in [-0.1, -0.05) is 36.4 Å². The molecule has 2 N–H and O–H groups in total. The second kappa shape index (κ2) is 6.98. The minimum Gasteiger partial charge on any atom is -0.508 e. The summed E-state index contributed by atoms with van der Waals surface area (Å²) < 4.78 is 0. The monoisotopic (exact) mass is 391 g/mol. The standard InChI is InChI=1S/C22H17NO4S/c1-13-6-2-3-9-16(13)23-19(14-7-4-8-15(24)12-14)18(21(26)22(23)27)20(25)17-10-5-11-28-17/h2-12,19,24,26H,1H3. The number of hydrogen-bond donors (Lipinski definition) is 2. The van der Waals surface area contributed by atoms with Gasteiger partial charge in [0.25, 0.3) is 5.91 Å². The van der Waals surface area contributed by atoms with Crippen LogP contribution in [0.25, 0.3) is 0 Å². The summed E-state index contributed by atoms with van der Waals surface area (Å²) in [6.45, 7) is 1.86. The average Bonchev–Trinajstić information content (AvgIpc) is 3.30. The average molecular weight is 391 g/mol. The van der Waals surface area contributed by atoms with Gasteiger partial charge >= 0.3 is 0 Å². The lowest BCUT2D eigenvalue weighted by Crippen LogP contribution is -2.31. The van der Waals surface area contributed by atoms with Crippen molar-refractivity contribution < 1.29 is 19.8 Å². The van der Waals surface area contributed by atoms with Gasteiger partial charge in [-0.25, -0.2) is 0 Å². The van der Waals surface area contributed by atoms with Crippen molar-refractivity contribution >= 4 is 28.7 Å². The number of nitrogens with zero attached hydrogens (tertiary/aromatic N) is 1. The zero-order valence-corrected chi connectivity index (χ0v) is 15.8. The number of carbonyl (C=O) groups excluding carboxylic acids is 2. The third-order valence-electron chi connectivity index (χ3n) is 4.76. The highest BCUT2D eigenvalue weighted by Crippen LogP contribution is 2.43. The number of aliphatic hydroxyl groups is 1. The molecule has 140 valence electrons. The molecule has 1 aromatic heterocycles. The number of aliphatic hydroxyl groups excluding tert-OH is 1. The van der Waals surface area contributed by atoms with Gasteiger partial charge in [0, 0.05) is 5.69 Å². The Morgan fingerprint density at radius 2 is 1.82 bits per heavy atom. The van der Waals surface area contributed by atoms with Gasteiger partial charge in [-0.2, -0.15) is 0 Å². The van der Waals surface area contributed by atoms with Crippen molar-refractivity contribution in [1.29, 1.82) is 0 Å². The van der Waals surface area contributed by atoms with Crippen molar-refractivity contribution in [2.75, 3.05) is 4.90 Å². The van der Waals surface area contributed by atoms with Gasteiger partial charge in [0.05, 0.1) is 16.5 Å². The van der Waals surface area contributed by atoms with E-state index in [9.17, 15) is 19.8 Å². The zero-order valence-electron chi connectivity index (χ0n) is 15.0. The number of ketones is 1. The summed E-state index contributed by atoms with van der Waals surface area (Å²) in [5.41, 5.74) is 1.99. The van der Waals surface area contributed by atoms with Crippen molar-refractivity contribution in [1.82, 2.24) is 0 Å². The van der Waals surface area contributed by atoms with Crippen LogP contribution in [0, 0.1) is 6.92 Å². The Balaban J connectivity index is 1.92. The maximum Gasteiger partial charge on any atom is 0.294 e. The number of rotatable bonds is 4. The van der Waals surface area contributed by atoms with Crippen LogP contribution < -0.4 is 4.90 Å². The quantitative estimate of drug-likeness (QED) is 0.640. The van der Waals surface area contributed by atoms with E-state index in [1.54, 1.807) is 41.8 Å². The molecule has 5 nitrogen and oxygen atoms in total. The molecule has 1 aliphatic rings. The molecule has 1 atom stereocenters. The van der Waals surface area contributed by atoms with Gasteiger partial charge in [-0.15, -0.1) is 11.3 Å². The minimum atomic E-state index is -0.838. The summed E-state index contributed by atoms with van der Waals surface area (Å²) in [7, 11) is 0. The lowest BCUT2D eigenvalue weighted by atomic mass is 9.94. The van der Waals surface area contributed by atoms with Crippen LogP contribution in [-0.4, -0.2) is 21.9 Å². The minimum absolute atomic E-state index is 0.0151. The molecule has 0 saturated carbocycles. The van der Waals surface area contributed by atoms with E-state index in [2.05, 4.69) is 0 Å². The molecule has 0 radical (unpaired) electrons. The predicted octanol–water partition coefficient (Wildman–Crippen LogP) is 4.55. The number of anilines is 1. The van der Waals surface area contributed by atoms with Gasteiger partial charge < -0.3 is 10.2 Å². The Morgan fingerprint density at radius 1 is 1.04 bits per heavy atom. The molecule has 2 aromatic carbocycles. The van der Waals surface area contributed by atoms with Crippen LogP contribution in [0.4, 0.5) is 5.69 Å². The highest BCUT2D eigenvalue weighted by atomic mass is 32.1.